The summed E-state index contributed by atoms with van der Waals surface area (Å²) >= 11 is 3.56. The van der Waals surface area contributed by atoms with Gasteiger partial charge in [0.2, 0.25) is 0 Å². The quantitative estimate of drug-likeness (QED) is 0.564. The minimum atomic E-state index is -0.243. The number of aromatic nitrogens is 4. The molecule has 1 aromatic heterocycles. The second-order valence-corrected chi connectivity index (χ2v) is 8.78. The van der Waals surface area contributed by atoms with Gasteiger partial charge in [-0.2, -0.15) is 9.36 Å². The molecular weight excluding hydrogens is 390 g/mol. The van der Waals surface area contributed by atoms with Crippen LogP contribution in [0.25, 0.3) is 5.69 Å². The van der Waals surface area contributed by atoms with E-state index in [1.807, 2.05) is 12.1 Å². The standard InChI is InChI=1S/C20H25N5OS2/c1-5-15-9-7-10-16(12-15)21-19(27-4)28-13-17-14(2)8-6-11-18(17)25-20(26)24(3)22-23-25/h6-12,19,21H,5,13H2,1-4H3. The fourth-order valence-corrected chi connectivity index (χ4v) is 4.80. The van der Waals surface area contributed by atoms with Crippen LogP contribution < -0.4 is 11.0 Å². The Bertz CT molecular complexity index is 998. The summed E-state index contributed by atoms with van der Waals surface area (Å²) in [5, 5.41) is 11.4. The molecule has 1 unspecified atom stereocenters. The highest BCUT2D eigenvalue weighted by atomic mass is 32.2. The fourth-order valence-electron chi connectivity index (χ4n) is 2.88. The van der Waals surface area contributed by atoms with Gasteiger partial charge in [-0.15, -0.1) is 23.5 Å². The van der Waals surface area contributed by atoms with E-state index in [-0.39, 0.29) is 10.4 Å². The first-order valence-corrected chi connectivity index (χ1v) is 11.4. The smallest absolute Gasteiger partial charge is 0.365 e. The van der Waals surface area contributed by atoms with Crippen LogP contribution in [0.15, 0.2) is 47.3 Å². The molecule has 0 bridgehead atoms. The first-order valence-electron chi connectivity index (χ1n) is 9.11. The largest absolute Gasteiger partial charge is 0.368 e. The van der Waals surface area contributed by atoms with Crippen LogP contribution in [-0.2, 0) is 19.2 Å². The molecule has 2 aromatic carbocycles. The van der Waals surface area contributed by atoms with Crippen molar-refractivity contribution in [1.82, 2.24) is 19.8 Å². The lowest BCUT2D eigenvalue weighted by Gasteiger charge is -2.19. The molecule has 0 amide bonds. The van der Waals surface area contributed by atoms with E-state index in [1.54, 1.807) is 30.6 Å². The summed E-state index contributed by atoms with van der Waals surface area (Å²) in [6.07, 6.45) is 3.12. The van der Waals surface area contributed by atoms with Gasteiger partial charge >= 0.3 is 5.69 Å². The minimum absolute atomic E-state index is 0.193. The first-order chi connectivity index (χ1) is 13.5. The fraction of sp³-hybridized carbons (Fsp3) is 0.350. The highest BCUT2D eigenvalue weighted by molar-refractivity contribution is 8.16. The molecule has 3 rings (SSSR count). The number of anilines is 1. The van der Waals surface area contributed by atoms with Crippen molar-refractivity contribution >= 4 is 29.2 Å². The van der Waals surface area contributed by atoms with Gasteiger partial charge in [-0.25, -0.2) is 4.79 Å². The number of hydrogen-bond donors (Lipinski definition) is 1. The molecule has 28 heavy (non-hydrogen) atoms. The van der Waals surface area contributed by atoms with Crippen molar-refractivity contribution in [3.8, 4) is 5.69 Å². The lowest BCUT2D eigenvalue weighted by atomic mass is 10.1. The van der Waals surface area contributed by atoms with Crippen molar-refractivity contribution in [3.63, 3.8) is 0 Å². The Morgan fingerprint density at radius 2 is 1.96 bits per heavy atom. The number of thioether (sulfide) groups is 2. The molecule has 148 valence electrons. The second-order valence-electron chi connectivity index (χ2n) is 6.45. The minimum Gasteiger partial charge on any atom is -0.365 e. The van der Waals surface area contributed by atoms with E-state index < -0.39 is 0 Å². The molecule has 0 fully saturated rings. The van der Waals surface area contributed by atoms with Crippen molar-refractivity contribution < 1.29 is 0 Å². The van der Waals surface area contributed by atoms with Crippen molar-refractivity contribution in [2.45, 2.75) is 30.7 Å². The van der Waals surface area contributed by atoms with E-state index in [1.165, 1.54) is 14.9 Å². The average Bonchev–Trinajstić information content (AvgIpc) is 3.04. The SMILES string of the molecule is CCc1cccc(NC(SC)SCc2c(C)cccc2-n2nnn(C)c2=O)c1. The van der Waals surface area contributed by atoms with Gasteiger partial charge in [0, 0.05) is 18.5 Å². The third-order valence-corrected chi connectivity index (χ3v) is 6.96. The number of nitrogens with one attached hydrogen (secondary N) is 1. The zero-order chi connectivity index (χ0) is 20.1. The van der Waals surface area contributed by atoms with E-state index in [9.17, 15) is 4.79 Å². The second kappa shape index (κ2) is 9.34. The molecule has 1 heterocycles. The zero-order valence-electron chi connectivity index (χ0n) is 16.5. The maximum atomic E-state index is 12.3. The molecule has 0 aliphatic heterocycles. The Balaban J connectivity index is 1.79. The van der Waals surface area contributed by atoms with Crippen molar-refractivity contribution in [2.75, 3.05) is 11.6 Å². The van der Waals surface area contributed by atoms with Crippen LogP contribution in [0.4, 0.5) is 5.69 Å². The zero-order valence-corrected chi connectivity index (χ0v) is 18.2. The van der Waals surface area contributed by atoms with E-state index in [0.29, 0.717) is 0 Å². The highest BCUT2D eigenvalue weighted by Crippen LogP contribution is 2.30. The molecule has 1 atom stereocenters. The number of hydrogen-bond acceptors (Lipinski definition) is 6. The van der Waals surface area contributed by atoms with Crippen LogP contribution in [0.1, 0.15) is 23.6 Å². The van der Waals surface area contributed by atoms with Gasteiger partial charge in [-0.3, -0.25) is 0 Å². The average molecular weight is 416 g/mol. The molecule has 0 saturated heterocycles. The molecule has 1 N–H and O–H groups in total. The van der Waals surface area contributed by atoms with Crippen molar-refractivity contribution in [1.29, 1.82) is 0 Å². The van der Waals surface area contributed by atoms with Crippen molar-refractivity contribution in [2.24, 2.45) is 7.05 Å². The molecule has 3 aromatic rings. The predicted molar refractivity (Wildman–Crippen MR) is 119 cm³/mol. The summed E-state index contributed by atoms with van der Waals surface area (Å²) in [4.78, 5) is 12.3. The van der Waals surface area contributed by atoms with Crippen LogP contribution >= 0.6 is 23.5 Å². The monoisotopic (exact) mass is 415 g/mol. The van der Waals surface area contributed by atoms with E-state index >= 15 is 0 Å². The first kappa shape index (κ1) is 20.5. The number of aryl methyl sites for hydroxylation is 3. The summed E-state index contributed by atoms with van der Waals surface area (Å²) in [6, 6.07) is 14.5. The van der Waals surface area contributed by atoms with Crippen LogP contribution in [0.2, 0.25) is 0 Å². The summed E-state index contributed by atoms with van der Waals surface area (Å²) < 4.78 is 2.81. The van der Waals surface area contributed by atoms with Gasteiger partial charge in [0.05, 0.1) is 5.69 Å². The Labute approximate surface area is 173 Å². The van der Waals surface area contributed by atoms with Gasteiger partial charge < -0.3 is 5.32 Å². The van der Waals surface area contributed by atoms with Crippen LogP contribution in [0.3, 0.4) is 0 Å². The van der Waals surface area contributed by atoms with E-state index in [4.69, 9.17) is 0 Å². The number of tetrazole rings is 1. The highest BCUT2D eigenvalue weighted by Gasteiger charge is 2.15. The van der Waals surface area contributed by atoms with Crippen molar-refractivity contribution in [3.05, 3.63) is 69.6 Å². The predicted octanol–water partition coefficient (Wildman–Crippen LogP) is 3.83. The molecule has 6 nitrogen and oxygen atoms in total. The summed E-state index contributed by atoms with van der Waals surface area (Å²) in [7, 11) is 1.61. The Morgan fingerprint density at radius 1 is 1.18 bits per heavy atom. The van der Waals surface area contributed by atoms with E-state index in [0.717, 1.165) is 34.7 Å². The topological polar surface area (TPSA) is 64.7 Å². The number of nitrogens with zero attached hydrogens (tertiary/aromatic N) is 4. The van der Waals surface area contributed by atoms with Gasteiger partial charge in [0.1, 0.15) is 4.71 Å². The maximum absolute atomic E-state index is 12.3. The lowest BCUT2D eigenvalue weighted by molar-refractivity contribution is 0.692. The normalized spacial score (nSPS) is 12.1. The van der Waals surface area contributed by atoms with E-state index in [2.05, 4.69) is 66.2 Å². The maximum Gasteiger partial charge on any atom is 0.368 e. The third-order valence-electron chi connectivity index (χ3n) is 4.55. The Hall–Kier alpha value is -2.19. The van der Waals surface area contributed by atoms with Crippen LogP contribution in [0.5, 0.6) is 0 Å². The molecule has 8 heteroatoms. The van der Waals surface area contributed by atoms with Crippen LogP contribution in [-0.4, -0.2) is 30.8 Å². The Kier molecular flexibility index (Phi) is 6.85. The number of rotatable bonds is 8. The molecule has 0 aliphatic carbocycles. The molecule has 0 spiro atoms. The third kappa shape index (κ3) is 4.62. The number of benzene rings is 2. The van der Waals surface area contributed by atoms with Gasteiger partial charge in [0.15, 0.2) is 0 Å². The van der Waals surface area contributed by atoms with Gasteiger partial charge in [-0.1, -0.05) is 31.2 Å². The molecule has 0 radical (unpaired) electrons. The molecule has 0 aliphatic rings. The Morgan fingerprint density at radius 3 is 2.64 bits per heavy atom. The summed E-state index contributed by atoms with van der Waals surface area (Å²) in [5.74, 6) is 0.761. The van der Waals surface area contributed by atoms with Gasteiger partial charge in [0.25, 0.3) is 0 Å². The summed E-state index contributed by atoms with van der Waals surface area (Å²) in [6.45, 7) is 4.22. The lowest BCUT2D eigenvalue weighted by Crippen LogP contribution is -2.23. The molecule has 0 saturated carbocycles. The molecular formula is C20H25N5OS2. The van der Waals surface area contributed by atoms with Gasteiger partial charge in [-0.05, 0) is 64.9 Å². The summed E-state index contributed by atoms with van der Waals surface area (Å²) in [5.41, 5.74) is 5.22. The van der Waals surface area contributed by atoms with Crippen LogP contribution in [0, 0.1) is 6.92 Å².